The third-order valence-electron chi connectivity index (χ3n) is 3.86. The Bertz CT molecular complexity index is 503. The molecule has 1 saturated heterocycles. The molecule has 1 aliphatic rings. The number of piperidine rings is 1. The number of nitrogens with one attached hydrogen (secondary N) is 1. The molecule has 0 saturated carbocycles. The zero-order valence-electron chi connectivity index (χ0n) is 14.5. The van der Waals surface area contributed by atoms with Crippen LogP contribution in [0.25, 0.3) is 0 Å². The molecule has 2 amide bonds. The molecular formula is C16H26N4O5. The number of likely N-dealkylation sites (tertiary alicyclic amines) is 1. The summed E-state index contributed by atoms with van der Waals surface area (Å²) in [6, 6.07) is 1.89. The largest absolute Gasteiger partial charge is 0.450 e. The maximum atomic E-state index is 12.2. The van der Waals surface area contributed by atoms with Gasteiger partial charge in [-0.15, -0.1) is 0 Å². The van der Waals surface area contributed by atoms with E-state index in [0.717, 1.165) is 0 Å². The van der Waals surface area contributed by atoms with Crippen molar-refractivity contribution in [1.82, 2.24) is 15.1 Å². The van der Waals surface area contributed by atoms with Crippen LogP contribution in [0.4, 0.5) is 4.79 Å². The average molecular weight is 354 g/mol. The van der Waals surface area contributed by atoms with Crippen molar-refractivity contribution in [3.8, 4) is 6.07 Å². The first kappa shape index (κ1) is 20.7. The fourth-order valence-corrected chi connectivity index (χ4v) is 2.51. The van der Waals surface area contributed by atoms with Gasteiger partial charge >= 0.3 is 6.09 Å². The predicted octanol–water partition coefficient (Wildman–Crippen LogP) is -0.582. The maximum absolute atomic E-state index is 12.2. The summed E-state index contributed by atoms with van der Waals surface area (Å²) in [5.41, 5.74) is -0.0882. The maximum Gasteiger partial charge on any atom is 0.409 e. The van der Waals surface area contributed by atoms with E-state index >= 15 is 0 Å². The second-order valence-corrected chi connectivity index (χ2v) is 5.54. The van der Waals surface area contributed by atoms with Gasteiger partial charge in [0.1, 0.15) is 11.6 Å². The van der Waals surface area contributed by atoms with Crippen LogP contribution in [0, 0.1) is 11.3 Å². The molecule has 3 N–H and O–H groups in total. The minimum absolute atomic E-state index is 0.0472. The number of rotatable bonds is 8. The van der Waals surface area contributed by atoms with E-state index in [4.69, 9.17) is 14.9 Å². The van der Waals surface area contributed by atoms with Gasteiger partial charge in [0.25, 0.3) is 5.91 Å². The fraction of sp³-hybridized carbons (Fsp3) is 0.688. The molecule has 0 unspecified atom stereocenters. The first-order valence-corrected chi connectivity index (χ1v) is 8.36. The summed E-state index contributed by atoms with van der Waals surface area (Å²) in [7, 11) is 0. The number of nitrogens with zero attached hydrogens (tertiary/aromatic N) is 3. The van der Waals surface area contributed by atoms with E-state index in [1.165, 1.54) is 11.1 Å². The number of carbonyl (C=O) groups excluding carboxylic acids is 2. The van der Waals surface area contributed by atoms with Gasteiger partial charge in [-0.25, -0.2) is 4.79 Å². The highest BCUT2D eigenvalue weighted by Gasteiger charge is 2.23. The van der Waals surface area contributed by atoms with Crippen LogP contribution >= 0.6 is 0 Å². The Labute approximate surface area is 147 Å². The van der Waals surface area contributed by atoms with Crippen LogP contribution in [0.3, 0.4) is 0 Å². The highest BCUT2D eigenvalue weighted by Crippen LogP contribution is 2.12. The molecule has 0 aromatic heterocycles. The molecule has 9 nitrogen and oxygen atoms in total. The molecular weight excluding hydrogens is 328 g/mol. The molecule has 140 valence electrons. The van der Waals surface area contributed by atoms with Crippen molar-refractivity contribution in [2.75, 3.05) is 46.0 Å². The first-order valence-electron chi connectivity index (χ1n) is 8.36. The number of aliphatic hydroxyl groups is 2. The number of hydrogen-bond acceptors (Lipinski definition) is 7. The summed E-state index contributed by atoms with van der Waals surface area (Å²) in [6.07, 6.45) is 2.40. The zero-order valence-corrected chi connectivity index (χ0v) is 14.5. The van der Waals surface area contributed by atoms with Crippen LogP contribution < -0.4 is 5.32 Å². The zero-order chi connectivity index (χ0) is 18.7. The van der Waals surface area contributed by atoms with Crippen LogP contribution in [0.2, 0.25) is 0 Å². The standard InChI is InChI=1S/C16H26N4O5/c1-2-25-16(24)20-5-3-14(4-6-20)18-12-13(11-17)15(23)19(7-9-21)8-10-22/h12,14,18,21-22H,2-10H2,1H3/b13-12-. The van der Waals surface area contributed by atoms with E-state index in [2.05, 4.69) is 5.32 Å². The second-order valence-electron chi connectivity index (χ2n) is 5.54. The van der Waals surface area contributed by atoms with Gasteiger partial charge in [-0.3, -0.25) is 4.79 Å². The highest BCUT2D eigenvalue weighted by molar-refractivity contribution is 5.97. The lowest BCUT2D eigenvalue weighted by atomic mass is 10.1. The minimum Gasteiger partial charge on any atom is -0.450 e. The van der Waals surface area contributed by atoms with Crippen molar-refractivity contribution in [3.63, 3.8) is 0 Å². The molecule has 25 heavy (non-hydrogen) atoms. The van der Waals surface area contributed by atoms with Gasteiger partial charge in [0.2, 0.25) is 0 Å². The van der Waals surface area contributed by atoms with E-state index in [1.54, 1.807) is 11.8 Å². The van der Waals surface area contributed by atoms with Crippen LogP contribution in [0.15, 0.2) is 11.8 Å². The van der Waals surface area contributed by atoms with Crippen LogP contribution in [-0.4, -0.2) is 84.1 Å². The summed E-state index contributed by atoms with van der Waals surface area (Å²) in [5, 5.41) is 30.2. The monoisotopic (exact) mass is 354 g/mol. The molecule has 1 rings (SSSR count). The smallest absolute Gasteiger partial charge is 0.409 e. The highest BCUT2D eigenvalue weighted by atomic mass is 16.6. The predicted molar refractivity (Wildman–Crippen MR) is 89.2 cm³/mol. The molecule has 0 aliphatic carbocycles. The number of amides is 2. The molecule has 1 fully saturated rings. The van der Waals surface area contributed by atoms with Gasteiger partial charge in [0.05, 0.1) is 19.8 Å². The lowest BCUT2D eigenvalue weighted by Gasteiger charge is -2.31. The lowest BCUT2D eigenvalue weighted by molar-refractivity contribution is -0.127. The number of aliphatic hydroxyl groups excluding tert-OH is 2. The summed E-state index contributed by atoms with van der Waals surface area (Å²) in [5.74, 6) is -0.540. The average Bonchev–Trinajstić information content (AvgIpc) is 2.62. The third-order valence-corrected chi connectivity index (χ3v) is 3.86. The van der Waals surface area contributed by atoms with Gasteiger partial charge in [-0.2, -0.15) is 5.26 Å². The van der Waals surface area contributed by atoms with Crippen molar-refractivity contribution in [1.29, 1.82) is 5.26 Å². The Morgan fingerprint density at radius 1 is 1.32 bits per heavy atom. The van der Waals surface area contributed by atoms with Crippen molar-refractivity contribution in [2.24, 2.45) is 0 Å². The molecule has 1 aliphatic heterocycles. The van der Waals surface area contributed by atoms with Crippen LogP contribution in [-0.2, 0) is 9.53 Å². The van der Waals surface area contributed by atoms with Gasteiger partial charge in [0.15, 0.2) is 0 Å². The quantitative estimate of drug-likeness (QED) is 0.393. The number of ether oxygens (including phenoxy) is 1. The van der Waals surface area contributed by atoms with Crippen molar-refractivity contribution in [3.05, 3.63) is 11.8 Å². The molecule has 1 heterocycles. The van der Waals surface area contributed by atoms with E-state index in [0.29, 0.717) is 32.5 Å². The Balaban J connectivity index is 2.57. The van der Waals surface area contributed by atoms with E-state index in [1.807, 2.05) is 6.07 Å². The van der Waals surface area contributed by atoms with Gasteiger partial charge < -0.3 is 30.1 Å². The molecule has 0 aromatic carbocycles. The Morgan fingerprint density at radius 3 is 2.40 bits per heavy atom. The first-order chi connectivity index (χ1) is 12.1. The number of carbonyl (C=O) groups is 2. The van der Waals surface area contributed by atoms with Crippen molar-refractivity contribution >= 4 is 12.0 Å². The second kappa shape index (κ2) is 11.3. The minimum atomic E-state index is -0.540. The number of nitriles is 1. The van der Waals surface area contributed by atoms with Crippen LogP contribution in [0.1, 0.15) is 19.8 Å². The Hall–Kier alpha value is -2.31. The van der Waals surface area contributed by atoms with Gasteiger partial charge in [-0.05, 0) is 19.8 Å². The molecule has 0 spiro atoms. The fourth-order valence-electron chi connectivity index (χ4n) is 2.51. The van der Waals surface area contributed by atoms with E-state index < -0.39 is 5.91 Å². The number of hydrogen-bond donors (Lipinski definition) is 3. The summed E-state index contributed by atoms with van der Waals surface area (Å²) < 4.78 is 4.96. The third kappa shape index (κ3) is 6.60. The SMILES string of the molecule is CCOC(=O)N1CCC(N/C=C(/C#N)C(=O)N(CCO)CCO)CC1. The summed E-state index contributed by atoms with van der Waals surface area (Å²) in [6.45, 7) is 2.80. The van der Waals surface area contributed by atoms with Crippen LogP contribution in [0.5, 0.6) is 0 Å². The van der Waals surface area contributed by atoms with E-state index in [-0.39, 0.29) is 44.0 Å². The summed E-state index contributed by atoms with van der Waals surface area (Å²) >= 11 is 0. The van der Waals surface area contributed by atoms with Gasteiger partial charge in [0, 0.05) is 38.4 Å². The molecule has 0 atom stereocenters. The normalized spacial score (nSPS) is 15.4. The molecule has 9 heteroatoms. The van der Waals surface area contributed by atoms with Crippen molar-refractivity contribution < 1.29 is 24.5 Å². The van der Waals surface area contributed by atoms with Crippen molar-refractivity contribution in [2.45, 2.75) is 25.8 Å². The van der Waals surface area contributed by atoms with E-state index in [9.17, 15) is 14.9 Å². The Kier molecular flexibility index (Phi) is 9.36. The molecule has 0 aromatic rings. The van der Waals surface area contributed by atoms with Gasteiger partial charge in [-0.1, -0.05) is 0 Å². The Morgan fingerprint density at radius 2 is 1.92 bits per heavy atom. The molecule has 0 bridgehead atoms. The summed E-state index contributed by atoms with van der Waals surface area (Å²) in [4.78, 5) is 26.7. The topological polar surface area (TPSA) is 126 Å². The lowest BCUT2D eigenvalue weighted by Crippen LogP contribution is -2.44. The molecule has 0 radical (unpaired) electrons.